The van der Waals surface area contributed by atoms with Gasteiger partial charge in [-0.15, -0.1) is 0 Å². The maximum atomic E-state index is 8.94. The molecule has 4 nitrogen and oxygen atoms in total. The van der Waals surface area contributed by atoms with Gasteiger partial charge in [0.05, 0.1) is 11.8 Å². The van der Waals surface area contributed by atoms with Crippen LogP contribution in [0.3, 0.4) is 0 Å². The first-order valence-electron chi connectivity index (χ1n) is 10.4. The van der Waals surface area contributed by atoms with Gasteiger partial charge in [0.25, 0.3) is 0 Å². The Morgan fingerprint density at radius 2 is 1.83 bits per heavy atom. The first kappa shape index (κ1) is 21.3. The topological polar surface area (TPSA) is 52.8 Å². The van der Waals surface area contributed by atoms with Gasteiger partial charge in [-0.05, 0) is 36.6 Å². The lowest BCUT2D eigenvalue weighted by Gasteiger charge is -2.35. The molecule has 0 spiro atoms. The minimum atomic E-state index is -0.155. The van der Waals surface area contributed by atoms with Crippen molar-refractivity contribution in [3.8, 4) is 6.07 Å². The number of rotatable bonds is 10. The second-order valence-electron chi connectivity index (χ2n) is 7.70. The van der Waals surface area contributed by atoms with Crippen LogP contribution in [0.1, 0.15) is 43.9 Å². The molecule has 30 heavy (non-hydrogen) atoms. The monoisotopic (exact) mass is 396 g/mol. The molecule has 1 heterocycles. The van der Waals surface area contributed by atoms with Gasteiger partial charge < -0.3 is 4.90 Å². The van der Waals surface area contributed by atoms with Gasteiger partial charge in [0, 0.05) is 54.4 Å². The van der Waals surface area contributed by atoms with Crippen molar-refractivity contribution in [3.05, 3.63) is 97.2 Å². The maximum absolute atomic E-state index is 8.94. The minimum absolute atomic E-state index is 0.155. The van der Waals surface area contributed by atoms with Crippen LogP contribution in [0.5, 0.6) is 0 Å². The highest BCUT2D eigenvalue weighted by molar-refractivity contribution is 5.70. The third kappa shape index (κ3) is 5.12. The van der Waals surface area contributed by atoms with Gasteiger partial charge in [0.15, 0.2) is 0 Å². The number of hydrogen-bond donors (Lipinski definition) is 0. The Bertz CT molecular complexity index is 979. The summed E-state index contributed by atoms with van der Waals surface area (Å²) in [7, 11) is 0. The number of hydrogen-bond acceptors (Lipinski definition) is 4. The first-order chi connectivity index (χ1) is 14.7. The largest absolute Gasteiger partial charge is 0.317 e. The molecule has 1 unspecified atom stereocenters. The van der Waals surface area contributed by atoms with E-state index in [-0.39, 0.29) is 5.41 Å². The molecule has 0 bridgehead atoms. The standard InChI is InChI=1S/C26H28N4/c1-3-30(23-12-6-4-7-13-23)25-15-9-8-14-24(25)26(2,16-10-5-11-17-27)20-22-21-28-18-19-29-22/h3-4,6-9,12-15,18-19,21H,1,5,10-11,16,20H2,2H3. The van der Waals surface area contributed by atoms with Crippen molar-refractivity contribution < 1.29 is 0 Å². The van der Waals surface area contributed by atoms with E-state index in [1.54, 1.807) is 12.4 Å². The van der Waals surface area contributed by atoms with E-state index in [4.69, 9.17) is 5.26 Å². The third-order valence-corrected chi connectivity index (χ3v) is 5.49. The summed E-state index contributed by atoms with van der Waals surface area (Å²) in [5.41, 5.74) is 4.26. The average Bonchev–Trinajstić information content (AvgIpc) is 2.79. The molecule has 4 heteroatoms. The Kier molecular flexibility index (Phi) is 7.34. The number of anilines is 2. The number of para-hydroxylation sites is 2. The van der Waals surface area contributed by atoms with Gasteiger partial charge in [0.2, 0.25) is 0 Å². The summed E-state index contributed by atoms with van der Waals surface area (Å²) in [6.45, 7) is 6.37. The fraction of sp³-hybridized carbons (Fsp3) is 0.269. The number of nitriles is 1. The Morgan fingerprint density at radius 3 is 2.53 bits per heavy atom. The van der Waals surface area contributed by atoms with Gasteiger partial charge in [-0.2, -0.15) is 5.26 Å². The molecule has 0 fully saturated rings. The lowest BCUT2D eigenvalue weighted by Crippen LogP contribution is -2.28. The molecule has 1 atom stereocenters. The van der Waals surface area contributed by atoms with Crippen molar-refractivity contribution in [3.63, 3.8) is 0 Å². The van der Waals surface area contributed by atoms with Crippen molar-refractivity contribution in [2.45, 2.75) is 44.4 Å². The van der Waals surface area contributed by atoms with Crippen LogP contribution < -0.4 is 4.90 Å². The first-order valence-corrected chi connectivity index (χ1v) is 10.4. The van der Waals surface area contributed by atoms with E-state index < -0.39 is 0 Å². The number of benzene rings is 2. The van der Waals surface area contributed by atoms with E-state index in [9.17, 15) is 0 Å². The highest BCUT2D eigenvalue weighted by atomic mass is 15.1. The fourth-order valence-electron chi connectivity index (χ4n) is 3.98. The molecule has 3 aromatic rings. The summed E-state index contributed by atoms with van der Waals surface area (Å²) < 4.78 is 0. The van der Waals surface area contributed by atoms with Crippen LogP contribution in [0.4, 0.5) is 11.4 Å². The number of unbranched alkanes of at least 4 members (excludes halogenated alkanes) is 2. The van der Waals surface area contributed by atoms with Crippen LogP contribution in [0.15, 0.2) is 86.0 Å². The van der Waals surface area contributed by atoms with Crippen LogP contribution >= 0.6 is 0 Å². The molecule has 152 valence electrons. The molecule has 0 aliphatic carbocycles. The molecule has 0 aliphatic heterocycles. The van der Waals surface area contributed by atoms with E-state index in [1.807, 2.05) is 30.6 Å². The summed E-state index contributed by atoms with van der Waals surface area (Å²) >= 11 is 0. The number of nitrogens with zero attached hydrogens (tertiary/aromatic N) is 4. The molecule has 0 amide bonds. The van der Waals surface area contributed by atoms with Crippen molar-refractivity contribution in [2.75, 3.05) is 4.90 Å². The highest BCUT2D eigenvalue weighted by Crippen LogP contribution is 2.41. The van der Waals surface area contributed by atoms with E-state index in [2.05, 4.69) is 70.8 Å². The zero-order valence-corrected chi connectivity index (χ0v) is 17.5. The fourth-order valence-corrected chi connectivity index (χ4v) is 3.98. The molecule has 0 saturated heterocycles. The lowest BCUT2D eigenvalue weighted by molar-refractivity contribution is 0.407. The Morgan fingerprint density at radius 1 is 1.07 bits per heavy atom. The Labute approximate surface area is 179 Å². The second-order valence-corrected chi connectivity index (χ2v) is 7.70. The van der Waals surface area contributed by atoms with E-state index in [0.717, 1.165) is 42.8 Å². The quantitative estimate of drug-likeness (QED) is 0.375. The van der Waals surface area contributed by atoms with Gasteiger partial charge in [-0.1, -0.05) is 56.3 Å². The molecule has 0 saturated carbocycles. The Balaban J connectivity index is 2.02. The molecule has 3 rings (SSSR count). The van der Waals surface area contributed by atoms with Crippen molar-refractivity contribution in [2.24, 2.45) is 0 Å². The molecule has 0 radical (unpaired) electrons. The molecule has 0 aliphatic rings. The highest BCUT2D eigenvalue weighted by Gasteiger charge is 2.31. The van der Waals surface area contributed by atoms with Crippen LogP contribution in [0, 0.1) is 11.3 Å². The van der Waals surface area contributed by atoms with E-state index in [0.29, 0.717) is 6.42 Å². The lowest BCUT2D eigenvalue weighted by atomic mass is 9.73. The smallest absolute Gasteiger partial charge is 0.0621 e. The minimum Gasteiger partial charge on any atom is -0.317 e. The zero-order valence-electron chi connectivity index (χ0n) is 17.5. The van der Waals surface area contributed by atoms with Gasteiger partial charge >= 0.3 is 0 Å². The third-order valence-electron chi connectivity index (χ3n) is 5.49. The zero-order chi connectivity index (χ0) is 21.2. The van der Waals surface area contributed by atoms with Crippen molar-refractivity contribution in [1.29, 1.82) is 5.26 Å². The summed E-state index contributed by atoms with van der Waals surface area (Å²) in [6, 6.07) is 21.0. The summed E-state index contributed by atoms with van der Waals surface area (Å²) in [5.74, 6) is 0. The Hall–Kier alpha value is -3.45. The van der Waals surface area contributed by atoms with Gasteiger partial charge in [-0.3, -0.25) is 9.97 Å². The normalized spacial score (nSPS) is 12.5. The summed E-state index contributed by atoms with van der Waals surface area (Å²) in [5, 5.41) is 8.94. The van der Waals surface area contributed by atoms with E-state index in [1.165, 1.54) is 5.56 Å². The predicted molar refractivity (Wildman–Crippen MR) is 122 cm³/mol. The van der Waals surface area contributed by atoms with Crippen LogP contribution in [0.2, 0.25) is 0 Å². The SMILES string of the molecule is C=CN(c1ccccc1)c1ccccc1C(C)(CCCCC#N)Cc1cnccn1. The number of aromatic nitrogens is 2. The summed E-state index contributed by atoms with van der Waals surface area (Å²) in [4.78, 5) is 10.9. The molecular formula is C26H28N4. The summed E-state index contributed by atoms with van der Waals surface area (Å²) in [6.07, 6.45) is 11.4. The molecule has 0 N–H and O–H groups in total. The second kappa shape index (κ2) is 10.4. The maximum Gasteiger partial charge on any atom is 0.0621 e. The van der Waals surface area contributed by atoms with E-state index >= 15 is 0 Å². The van der Waals surface area contributed by atoms with Crippen molar-refractivity contribution >= 4 is 11.4 Å². The molecule has 1 aromatic heterocycles. The van der Waals surface area contributed by atoms with Crippen LogP contribution in [0.25, 0.3) is 0 Å². The molecule has 2 aromatic carbocycles. The predicted octanol–water partition coefficient (Wildman–Crippen LogP) is 6.34. The van der Waals surface area contributed by atoms with Gasteiger partial charge in [-0.25, -0.2) is 0 Å². The molecular weight excluding hydrogens is 368 g/mol. The average molecular weight is 397 g/mol. The van der Waals surface area contributed by atoms with Gasteiger partial charge in [0.1, 0.15) is 0 Å². The van der Waals surface area contributed by atoms with Crippen LogP contribution in [-0.4, -0.2) is 9.97 Å². The van der Waals surface area contributed by atoms with Crippen molar-refractivity contribution in [1.82, 2.24) is 9.97 Å². The van der Waals surface area contributed by atoms with Crippen LogP contribution in [-0.2, 0) is 11.8 Å².